The van der Waals surface area contributed by atoms with Crippen LogP contribution in [0, 0.1) is 0 Å². The van der Waals surface area contributed by atoms with Crippen LogP contribution in [0.2, 0.25) is 0 Å². The molecule has 0 bridgehead atoms. The lowest BCUT2D eigenvalue weighted by Crippen LogP contribution is -2.36. The Morgan fingerprint density at radius 3 is 2.78 bits per heavy atom. The highest BCUT2D eigenvalue weighted by Gasteiger charge is 2.12. The van der Waals surface area contributed by atoms with E-state index in [0.29, 0.717) is 17.9 Å². The first-order valence-corrected chi connectivity index (χ1v) is 5.51. The minimum Gasteiger partial charge on any atom is -0.497 e. The van der Waals surface area contributed by atoms with Crippen LogP contribution in [-0.4, -0.2) is 37.2 Å². The first-order chi connectivity index (χ1) is 8.67. The minimum absolute atomic E-state index is 0.0300. The Hall–Kier alpha value is -2.08. The largest absolute Gasteiger partial charge is 0.497 e. The fourth-order valence-corrected chi connectivity index (χ4v) is 1.25. The molecule has 0 aliphatic rings. The molecule has 2 amide bonds. The summed E-state index contributed by atoms with van der Waals surface area (Å²) in [7, 11) is 1.52. The molecule has 0 saturated heterocycles. The van der Waals surface area contributed by atoms with E-state index in [1.807, 2.05) is 0 Å². The summed E-state index contributed by atoms with van der Waals surface area (Å²) in [6.45, 7) is 0.235. The molecular weight excluding hydrogens is 236 g/mol. The summed E-state index contributed by atoms with van der Waals surface area (Å²) in [5.74, 6) is -0.888. The van der Waals surface area contributed by atoms with Crippen LogP contribution in [0.15, 0.2) is 24.3 Å². The van der Waals surface area contributed by atoms with Crippen molar-refractivity contribution in [3.05, 3.63) is 24.3 Å². The zero-order chi connectivity index (χ0) is 13.4. The van der Waals surface area contributed by atoms with Gasteiger partial charge >= 0.3 is 11.8 Å². The van der Waals surface area contributed by atoms with Gasteiger partial charge in [-0.05, 0) is 18.6 Å². The van der Waals surface area contributed by atoms with E-state index in [9.17, 15) is 9.59 Å². The molecule has 18 heavy (non-hydrogen) atoms. The first-order valence-electron chi connectivity index (χ1n) is 5.51. The molecule has 0 spiro atoms. The number of carbonyl (C=O) groups is 2. The quantitative estimate of drug-likeness (QED) is 0.513. The molecule has 0 unspecified atom stereocenters. The van der Waals surface area contributed by atoms with Crippen LogP contribution in [0.4, 0.5) is 5.69 Å². The fraction of sp³-hybridized carbons (Fsp3) is 0.333. The van der Waals surface area contributed by atoms with E-state index in [1.54, 1.807) is 24.3 Å². The average molecular weight is 252 g/mol. The number of methoxy groups -OCH3 is 1. The van der Waals surface area contributed by atoms with E-state index >= 15 is 0 Å². The lowest BCUT2D eigenvalue weighted by Gasteiger charge is -2.07. The lowest BCUT2D eigenvalue weighted by atomic mass is 10.3. The second kappa shape index (κ2) is 7.29. The number of aliphatic hydroxyl groups is 1. The number of nitrogens with one attached hydrogen (secondary N) is 2. The van der Waals surface area contributed by atoms with Crippen LogP contribution < -0.4 is 15.4 Å². The molecule has 1 rings (SSSR count). The van der Waals surface area contributed by atoms with Gasteiger partial charge in [-0.3, -0.25) is 9.59 Å². The van der Waals surface area contributed by atoms with Gasteiger partial charge in [0, 0.05) is 24.9 Å². The van der Waals surface area contributed by atoms with Crippen molar-refractivity contribution in [3.8, 4) is 5.75 Å². The number of hydrogen-bond acceptors (Lipinski definition) is 4. The van der Waals surface area contributed by atoms with Crippen molar-refractivity contribution in [2.24, 2.45) is 0 Å². The maximum absolute atomic E-state index is 11.5. The number of carbonyl (C=O) groups excluding carboxylic acids is 2. The molecule has 0 atom stereocenters. The molecule has 0 heterocycles. The number of rotatable bonds is 5. The fourth-order valence-electron chi connectivity index (χ4n) is 1.25. The van der Waals surface area contributed by atoms with Crippen molar-refractivity contribution in [2.75, 3.05) is 25.6 Å². The highest BCUT2D eigenvalue weighted by Crippen LogP contribution is 2.16. The molecule has 0 saturated carbocycles. The van der Waals surface area contributed by atoms with E-state index in [0.717, 1.165) is 0 Å². The zero-order valence-electron chi connectivity index (χ0n) is 10.1. The Kier molecular flexibility index (Phi) is 5.66. The van der Waals surface area contributed by atoms with Crippen molar-refractivity contribution >= 4 is 17.5 Å². The molecule has 0 aliphatic carbocycles. The third-order valence-corrected chi connectivity index (χ3v) is 2.15. The predicted molar refractivity (Wildman–Crippen MR) is 66.3 cm³/mol. The Balaban J connectivity index is 2.50. The van der Waals surface area contributed by atoms with E-state index in [-0.39, 0.29) is 13.2 Å². The second-order valence-corrected chi connectivity index (χ2v) is 3.52. The Labute approximate surface area is 105 Å². The molecule has 0 radical (unpaired) electrons. The molecule has 6 nitrogen and oxygen atoms in total. The van der Waals surface area contributed by atoms with Gasteiger partial charge in [-0.25, -0.2) is 0 Å². The normalized spacial score (nSPS) is 9.67. The highest BCUT2D eigenvalue weighted by molar-refractivity contribution is 6.39. The monoisotopic (exact) mass is 252 g/mol. The smallest absolute Gasteiger partial charge is 0.313 e. The van der Waals surface area contributed by atoms with Gasteiger partial charge in [0.1, 0.15) is 5.75 Å². The van der Waals surface area contributed by atoms with Gasteiger partial charge < -0.3 is 20.5 Å². The van der Waals surface area contributed by atoms with Crippen LogP contribution in [0.1, 0.15) is 6.42 Å². The molecule has 1 aromatic carbocycles. The summed E-state index contributed by atoms with van der Waals surface area (Å²) < 4.78 is 5.00. The average Bonchev–Trinajstić information content (AvgIpc) is 2.39. The van der Waals surface area contributed by atoms with Gasteiger partial charge in [-0.2, -0.15) is 0 Å². The number of hydrogen-bond donors (Lipinski definition) is 3. The number of amides is 2. The van der Waals surface area contributed by atoms with Crippen LogP contribution in [0.5, 0.6) is 5.75 Å². The van der Waals surface area contributed by atoms with E-state index in [1.165, 1.54) is 7.11 Å². The number of ether oxygens (including phenoxy) is 1. The van der Waals surface area contributed by atoms with Crippen molar-refractivity contribution in [3.63, 3.8) is 0 Å². The van der Waals surface area contributed by atoms with Gasteiger partial charge in [-0.15, -0.1) is 0 Å². The maximum Gasteiger partial charge on any atom is 0.313 e. The number of anilines is 1. The molecule has 6 heteroatoms. The first kappa shape index (κ1) is 14.0. The minimum atomic E-state index is -0.749. The molecule has 3 N–H and O–H groups in total. The van der Waals surface area contributed by atoms with Crippen LogP contribution in [0.25, 0.3) is 0 Å². The van der Waals surface area contributed by atoms with E-state index < -0.39 is 11.8 Å². The highest BCUT2D eigenvalue weighted by atomic mass is 16.5. The summed E-state index contributed by atoms with van der Waals surface area (Å²) in [6.07, 6.45) is 0.415. The van der Waals surface area contributed by atoms with Crippen LogP contribution in [-0.2, 0) is 9.59 Å². The van der Waals surface area contributed by atoms with Gasteiger partial charge in [0.2, 0.25) is 0 Å². The summed E-state index contributed by atoms with van der Waals surface area (Å²) in [5, 5.41) is 13.4. The van der Waals surface area contributed by atoms with E-state index in [4.69, 9.17) is 9.84 Å². The van der Waals surface area contributed by atoms with Gasteiger partial charge in [0.05, 0.1) is 7.11 Å². The SMILES string of the molecule is COc1cccc(NC(=O)C(=O)NCCCO)c1. The van der Waals surface area contributed by atoms with E-state index in [2.05, 4.69) is 10.6 Å². The summed E-state index contributed by atoms with van der Waals surface area (Å²) in [6, 6.07) is 6.70. The maximum atomic E-state index is 11.5. The second-order valence-electron chi connectivity index (χ2n) is 3.52. The zero-order valence-corrected chi connectivity index (χ0v) is 10.1. The van der Waals surface area contributed by atoms with Gasteiger partial charge in [-0.1, -0.05) is 6.07 Å². The predicted octanol–water partition coefficient (Wildman–Crippen LogP) is 0.132. The van der Waals surface area contributed by atoms with Crippen molar-refractivity contribution in [1.82, 2.24) is 5.32 Å². The number of benzene rings is 1. The van der Waals surface area contributed by atoms with Gasteiger partial charge in [0.15, 0.2) is 0 Å². The molecule has 1 aromatic rings. The van der Waals surface area contributed by atoms with Gasteiger partial charge in [0.25, 0.3) is 0 Å². The van der Waals surface area contributed by atoms with Crippen LogP contribution >= 0.6 is 0 Å². The summed E-state index contributed by atoms with van der Waals surface area (Å²) >= 11 is 0. The molecule has 0 aromatic heterocycles. The Bertz CT molecular complexity index is 420. The standard InChI is InChI=1S/C12H16N2O4/c1-18-10-5-2-4-9(8-10)14-12(17)11(16)13-6-3-7-15/h2,4-5,8,15H,3,6-7H2,1H3,(H,13,16)(H,14,17). The van der Waals surface area contributed by atoms with Crippen LogP contribution in [0.3, 0.4) is 0 Å². The Morgan fingerprint density at radius 1 is 1.33 bits per heavy atom. The molecule has 98 valence electrons. The topological polar surface area (TPSA) is 87.7 Å². The van der Waals surface area contributed by atoms with Crippen molar-refractivity contribution in [2.45, 2.75) is 6.42 Å². The van der Waals surface area contributed by atoms with Crippen molar-refractivity contribution < 1.29 is 19.4 Å². The molecule has 0 fully saturated rings. The Morgan fingerprint density at radius 2 is 2.11 bits per heavy atom. The molecule has 0 aliphatic heterocycles. The third-order valence-electron chi connectivity index (χ3n) is 2.15. The summed E-state index contributed by atoms with van der Waals surface area (Å²) in [4.78, 5) is 22.8. The third kappa shape index (κ3) is 4.42. The lowest BCUT2D eigenvalue weighted by molar-refractivity contribution is -0.136. The number of aliphatic hydroxyl groups excluding tert-OH is 1. The molecular formula is C12H16N2O4. The van der Waals surface area contributed by atoms with Crippen molar-refractivity contribution in [1.29, 1.82) is 0 Å². The summed E-state index contributed by atoms with van der Waals surface area (Å²) in [5.41, 5.74) is 0.483.